The van der Waals surface area contributed by atoms with Gasteiger partial charge >= 0.3 is 6.09 Å². The lowest BCUT2D eigenvalue weighted by Gasteiger charge is -2.13. The first-order valence-electron chi connectivity index (χ1n) is 5.04. The Hall–Kier alpha value is -0.840. The van der Waals surface area contributed by atoms with Crippen LogP contribution in [0.25, 0.3) is 0 Å². The first kappa shape index (κ1) is 11.2. The van der Waals surface area contributed by atoms with Gasteiger partial charge in [-0.2, -0.15) is 0 Å². The number of rotatable bonds is 4. The van der Waals surface area contributed by atoms with Crippen LogP contribution in [0.1, 0.15) is 26.2 Å². The maximum atomic E-state index is 12.8. The van der Waals surface area contributed by atoms with E-state index in [1.54, 1.807) is 0 Å². The summed E-state index contributed by atoms with van der Waals surface area (Å²) in [6.45, 7) is 3.47. The molecule has 1 aliphatic rings. The summed E-state index contributed by atoms with van der Waals surface area (Å²) < 4.78 is 17.3. The van der Waals surface area contributed by atoms with Crippen LogP contribution >= 0.6 is 0 Å². The molecule has 0 aliphatic carbocycles. The van der Waals surface area contributed by atoms with Crippen molar-refractivity contribution in [2.45, 2.75) is 38.6 Å². The average Bonchev–Trinajstić information content (AvgIpc) is 2.56. The third kappa shape index (κ3) is 3.91. The van der Waals surface area contributed by atoms with Gasteiger partial charge in [-0.25, -0.2) is 9.18 Å². The number of amides is 1. The Labute approximate surface area is 83.2 Å². The standard InChI is InChI=1S/C9H17FN2O2/c1-2-3-8(10)14-9(13)12-7-4-5-11-6-7/h7-8,11H,2-6H2,1H3,(H,12,13). The molecule has 0 aromatic heterocycles. The van der Waals surface area contributed by atoms with Gasteiger partial charge < -0.3 is 15.4 Å². The lowest BCUT2D eigenvalue weighted by Crippen LogP contribution is -2.37. The van der Waals surface area contributed by atoms with Crippen LogP contribution in [0.15, 0.2) is 0 Å². The van der Waals surface area contributed by atoms with Gasteiger partial charge in [-0.1, -0.05) is 6.92 Å². The molecule has 0 radical (unpaired) electrons. The van der Waals surface area contributed by atoms with Gasteiger partial charge in [-0.05, 0) is 19.4 Å². The predicted molar refractivity (Wildman–Crippen MR) is 50.7 cm³/mol. The van der Waals surface area contributed by atoms with E-state index in [-0.39, 0.29) is 12.5 Å². The minimum Gasteiger partial charge on any atom is -0.415 e. The summed E-state index contributed by atoms with van der Waals surface area (Å²) in [4.78, 5) is 11.1. The molecule has 1 aliphatic heterocycles. The molecular weight excluding hydrogens is 187 g/mol. The number of carbonyl (C=O) groups excluding carboxylic acids is 1. The molecule has 0 saturated carbocycles. The van der Waals surface area contributed by atoms with Crippen molar-refractivity contribution in [2.75, 3.05) is 13.1 Å². The number of hydrogen-bond acceptors (Lipinski definition) is 3. The maximum Gasteiger partial charge on any atom is 0.409 e. The van der Waals surface area contributed by atoms with Crippen molar-refractivity contribution in [3.63, 3.8) is 0 Å². The second-order valence-corrected chi connectivity index (χ2v) is 3.44. The summed E-state index contributed by atoms with van der Waals surface area (Å²) in [5, 5.41) is 5.70. The van der Waals surface area contributed by atoms with Crippen LogP contribution in [-0.2, 0) is 4.74 Å². The Morgan fingerprint density at radius 3 is 3.14 bits per heavy atom. The van der Waals surface area contributed by atoms with Crippen LogP contribution in [0.4, 0.5) is 9.18 Å². The van der Waals surface area contributed by atoms with Crippen LogP contribution in [0.5, 0.6) is 0 Å². The second-order valence-electron chi connectivity index (χ2n) is 3.44. The molecule has 0 bridgehead atoms. The van der Waals surface area contributed by atoms with E-state index in [2.05, 4.69) is 15.4 Å². The third-order valence-corrected chi connectivity index (χ3v) is 2.13. The number of alkyl halides is 1. The maximum absolute atomic E-state index is 12.8. The smallest absolute Gasteiger partial charge is 0.409 e. The minimum atomic E-state index is -1.48. The molecule has 1 saturated heterocycles. The van der Waals surface area contributed by atoms with Crippen LogP contribution in [0, 0.1) is 0 Å². The zero-order valence-corrected chi connectivity index (χ0v) is 8.38. The monoisotopic (exact) mass is 204 g/mol. The Morgan fingerprint density at radius 1 is 1.79 bits per heavy atom. The van der Waals surface area contributed by atoms with Gasteiger partial charge in [0.25, 0.3) is 0 Å². The Bertz CT molecular complexity index is 184. The molecular formula is C9H17FN2O2. The summed E-state index contributed by atoms with van der Waals surface area (Å²) in [6.07, 6.45) is -0.329. The summed E-state index contributed by atoms with van der Waals surface area (Å²) in [6, 6.07) is 0.0799. The van der Waals surface area contributed by atoms with Crippen molar-refractivity contribution in [3.8, 4) is 0 Å². The van der Waals surface area contributed by atoms with Crippen LogP contribution in [0.2, 0.25) is 0 Å². The molecule has 2 N–H and O–H groups in total. The van der Waals surface area contributed by atoms with E-state index in [0.29, 0.717) is 6.42 Å². The largest absolute Gasteiger partial charge is 0.415 e. The van der Waals surface area contributed by atoms with Gasteiger partial charge in [0.2, 0.25) is 6.36 Å². The molecule has 14 heavy (non-hydrogen) atoms. The number of carbonyl (C=O) groups is 1. The molecule has 82 valence electrons. The van der Waals surface area contributed by atoms with Crippen molar-refractivity contribution in [1.29, 1.82) is 0 Å². The molecule has 0 spiro atoms. The lowest BCUT2D eigenvalue weighted by atomic mass is 10.3. The average molecular weight is 204 g/mol. The Kier molecular flexibility index (Phi) is 4.65. The van der Waals surface area contributed by atoms with E-state index >= 15 is 0 Å². The Morgan fingerprint density at radius 2 is 2.57 bits per heavy atom. The van der Waals surface area contributed by atoms with E-state index in [0.717, 1.165) is 19.5 Å². The first-order valence-corrected chi connectivity index (χ1v) is 5.04. The summed E-state index contributed by atoms with van der Waals surface area (Å²) in [5.74, 6) is 0. The summed E-state index contributed by atoms with van der Waals surface area (Å²) in [7, 11) is 0. The molecule has 2 atom stereocenters. The second kappa shape index (κ2) is 5.80. The predicted octanol–water partition coefficient (Wildman–Crippen LogP) is 1.17. The fourth-order valence-corrected chi connectivity index (χ4v) is 1.38. The number of hydrogen-bond donors (Lipinski definition) is 2. The zero-order chi connectivity index (χ0) is 10.4. The molecule has 4 nitrogen and oxygen atoms in total. The highest BCUT2D eigenvalue weighted by Crippen LogP contribution is 2.04. The molecule has 1 fully saturated rings. The zero-order valence-electron chi connectivity index (χ0n) is 8.38. The van der Waals surface area contributed by atoms with E-state index in [4.69, 9.17) is 0 Å². The normalized spacial score (nSPS) is 23.1. The number of ether oxygens (including phenoxy) is 1. The topological polar surface area (TPSA) is 50.4 Å². The molecule has 1 heterocycles. The molecule has 2 unspecified atom stereocenters. The van der Waals surface area contributed by atoms with Gasteiger partial charge in [-0.3, -0.25) is 0 Å². The molecule has 1 rings (SSSR count). The molecule has 0 aromatic carbocycles. The molecule has 0 aromatic rings. The fraction of sp³-hybridized carbons (Fsp3) is 0.889. The van der Waals surface area contributed by atoms with Gasteiger partial charge in [0.1, 0.15) is 0 Å². The van der Waals surface area contributed by atoms with Gasteiger partial charge in [0.05, 0.1) is 0 Å². The van der Waals surface area contributed by atoms with E-state index in [9.17, 15) is 9.18 Å². The molecule has 1 amide bonds. The highest BCUT2D eigenvalue weighted by molar-refractivity contribution is 5.67. The van der Waals surface area contributed by atoms with Crippen molar-refractivity contribution >= 4 is 6.09 Å². The van der Waals surface area contributed by atoms with Crippen LogP contribution in [-0.4, -0.2) is 31.6 Å². The summed E-state index contributed by atoms with van der Waals surface area (Å²) >= 11 is 0. The number of alkyl carbamates (subject to hydrolysis) is 1. The van der Waals surface area contributed by atoms with Crippen molar-refractivity contribution in [1.82, 2.24) is 10.6 Å². The highest BCUT2D eigenvalue weighted by Gasteiger charge is 2.19. The Balaban J connectivity index is 2.14. The number of halogens is 1. The minimum absolute atomic E-state index is 0.0799. The van der Waals surface area contributed by atoms with Gasteiger partial charge in [0, 0.05) is 19.0 Å². The SMILES string of the molecule is CCCC(F)OC(=O)NC1CCNC1. The van der Waals surface area contributed by atoms with Gasteiger partial charge in [0.15, 0.2) is 0 Å². The van der Waals surface area contributed by atoms with Crippen LogP contribution < -0.4 is 10.6 Å². The third-order valence-electron chi connectivity index (χ3n) is 2.13. The highest BCUT2D eigenvalue weighted by atomic mass is 19.1. The molecule has 5 heteroatoms. The number of nitrogens with one attached hydrogen (secondary N) is 2. The van der Waals surface area contributed by atoms with Crippen molar-refractivity contribution < 1.29 is 13.9 Å². The van der Waals surface area contributed by atoms with Crippen molar-refractivity contribution in [2.24, 2.45) is 0 Å². The summed E-state index contributed by atoms with van der Waals surface area (Å²) in [5.41, 5.74) is 0. The van der Waals surface area contributed by atoms with E-state index < -0.39 is 12.5 Å². The van der Waals surface area contributed by atoms with E-state index in [1.165, 1.54) is 0 Å². The quantitative estimate of drug-likeness (QED) is 0.722. The van der Waals surface area contributed by atoms with Crippen molar-refractivity contribution in [3.05, 3.63) is 0 Å². The van der Waals surface area contributed by atoms with Crippen LogP contribution in [0.3, 0.4) is 0 Å². The van der Waals surface area contributed by atoms with Gasteiger partial charge in [-0.15, -0.1) is 0 Å². The fourth-order valence-electron chi connectivity index (χ4n) is 1.38. The van der Waals surface area contributed by atoms with E-state index in [1.807, 2.05) is 6.92 Å². The first-order chi connectivity index (χ1) is 6.72. The lowest BCUT2D eigenvalue weighted by molar-refractivity contribution is 0.00704.